The molecule has 1 amide bonds. The van der Waals surface area contributed by atoms with Crippen LogP contribution >= 0.6 is 0 Å². The molecule has 0 aliphatic rings. The number of hydrazine groups is 1. The second-order valence-electron chi connectivity index (χ2n) is 5.30. The maximum Gasteiger partial charge on any atom is 0.422 e. The molecule has 0 radical (unpaired) electrons. The predicted molar refractivity (Wildman–Crippen MR) is 72.3 cm³/mol. The third kappa shape index (κ3) is 10.4. The van der Waals surface area contributed by atoms with Crippen LogP contribution < -0.4 is 10.9 Å². The number of ether oxygens (including phenoxy) is 2. The molecule has 0 saturated carbocycles. The van der Waals surface area contributed by atoms with E-state index in [1.54, 1.807) is 0 Å². The number of rotatable bonds is 8. The van der Waals surface area contributed by atoms with Gasteiger partial charge in [-0.2, -0.15) is 0 Å². The van der Waals surface area contributed by atoms with E-state index in [4.69, 9.17) is 9.47 Å². The molecule has 0 aliphatic carbocycles. The summed E-state index contributed by atoms with van der Waals surface area (Å²) in [5.41, 5.74) is 4.98. The van der Waals surface area contributed by atoms with Crippen molar-refractivity contribution in [2.45, 2.75) is 65.5 Å². The van der Waals surface area contributed by atoms with Crippen molar-refractivity contribution in [2.24, 2.45) is 0 Å². The van der Waals surface area contributed by atoms with Gasteiger partial charge in [0.1, 0.15) is 5.60 Å². The van der Waals surface area contributed by atoms with Crippen LogP contribution in [-0.4, -0.2) is 30.9 Å². The highest BCUT2D eigenvalue weighted by molar-refractivity contribution is 5.67. The summed E-state index contributed by atoms with van der Waals surface area (Å²) < 4.78 is 10.6. The second-order valence-corrected chi connectivity index (χ2v) is 5.30. The average molecular weight is 260 g/mol. The van der Waals surface area contributed by atoms with Gasteiger partial charge in [0.15, 0.2) is 0 Å². The van der Waals surface area contributed by atoms with Gasteiger partial charge in [0.05, 0.1) is 6.61 Å². The van der Waals surface area contributed by atoms with E-state index in [9.17, 15) is 4.79 Å². The molecular weight excluding hydrogens is 232 g/mol. The van der Waals surface area contributed by atoms with Gasteiger partial charge in [0.2, 0.25) is 0 Å². The topological polar surface area (TPSA) is 59.6 Å². The fourth-order valence-electron chi connectivity index (χ4n) is 1.20. The van der Waals surface area contributed by atoms with Crippen molar-refractivity contribution in [2.75, 3.05) is 13.2 Å². The Bertz CT molecular complexity index is 227. The van der Waals surface area contributed by atoms with Gasteiger partial charge >= 0.3 is 6.09 Å². The summed E-state index contributed by atoms with van der Waals surface area (Å²) in [7, 11) is 0. The normalized spacial score (nSPS) is 13.2. The van der Waals surface area contributed by atoms with Gasteiger partial charge in [-0.15, -0.1) is 0 Å². The van der Waals surface area contributed by atoms with E-state index in [1.807, 2.05) is 27.7 Å². The molecule has 1 atom stereocenters. The number of unbranched alkanes of at least 4 members (excludes halogenated alkanes) is 1. The summed E-state index contributed by atoms with van der Waals surface area (Å²) in [6.07, 6.45) is 2.60. The van der Waals surface area contributed by atoms with Crippen molar-refractivity contribution >= 4 is 6.09 Å². The zero-order valence-electron chi connectivity index (χ0n) is 12.3. The van der Waals surface area contributed by atoms with Crippen molar-refractivity contribution < 1.29 is 14.3 Å². The van der Waals surface area contributed by atoms with Crippen molar-refractivity contribution in [1.29, 1.82) is 0 Å². The molecule has 5 nitrogen and oxygen atoms in total. The lowest BCUT2D eigenvalue weighted by atomic mass is 10.2. The zero-order chi connectivity index (χ0) is 14.0. The van der Waals surface area contributed by atoms with E-state index in [0.717, 1.165) is 25.9 Å². The molecule has 0 fully saturated rings. The molecule has 0 aliphatic heterocycles. The molecular formula is C13H28N2O3. The number of amides is 1. The van der Waals surface area contributed by atoms with Crippen LogP contribution in [0.5, 0.6) is 0 Å². The molecule has 108 valence electrons. The van der Waals surface area contributed by atoms with Crippen LogP contribution in [0.2, 0.25) is 0 Å². The Balaban J connectivity index is 3.75. The first-order chi connectivity index (χ1) is 8.39. The molecule has 18 heavy (non-hydrogen) atoms. The Morgan fingerprint density at radius 2 is 1.94 bits per heavy atom. The highest BCUT2D eigenvalue weighted by Gasteiger charge is 2.16. The SMILES string of the molecule is CCCCOCC(CC)NNC(=O)OC(C)(C)C. The molecule has 0 saturated heterocycles. The van der Waals surface area contributed by atoms with E-state index < -0.39 is 11.7 Å². The number of carbonyl (C=O) groups excluding carboxylic acids is 1. The third-order valence-corrected chi connectivity index (χ3v) is 2.23. The lowest BCUT2D eigenvalue weighted by Crippen LogP contribution is -2.47. The molecule has 0 spiro atoms. The minimum Gasteiger partial charge on any atom is -0.443 e. The van der Waals surface area contributed by atoms with Crippen LogP contribution in [0.25, 0.3) is 0 Å². The Morgan fingerprint density at radius 3 is 2.44 bits per heavy atom. The van der Waals surface area contributed by atoms with E-state index in [-0.39, 0.29) is 6.04 Å². The Kier molecular flexibility index (Phi) is 8.75. The van der Waals surface area contributed by atoms with E-state index >= 15 is 0 Å². The molecule has 2 N–H and O–H groups in total. The summed E-state index contributed by atoms with van der Waals surface area (Å²) >= 11 is 0. The first-order valence-electron chi connectivity index (χ1n) is 6.71. The monoisotopic (exact) mass is 260 g/mol. The fourth-order valence-corrected chi connectivity index (χ4v) is 1.20. The number of hydrogen-bond donors (Lipinski definition) is 2. The molecule has 0 heterocycles. The van der Waals surface area contributed by atoms with Gasteiger partial charge < -0.3 is 9.47 Å². The van der Waals surface area contributed by atoms with Crippen LogP contribution in [0, 0.1) is 0 Å². The van der Waals surface area contributed by atoms with Crippen LogP contribution in [0.1, 0.15) is 53.9 Å². The van der Waals surface area contributed by atoms with Crippen molar-refractivity contribution in [3.8, 4) is 0 Å². The van der Waals surface area contributed by atoms with Crippen LogP contribution in [0.15, 0.2) is 0 Å². The first-order valence-corrected chi connectivity index (χ1v) is 6.71. The average Bonchev–Trinajstić information content (AvgIpc) is 2.26. The van der Waals surface area contributed by atoms with Gasteiger partial charge in [-0.05, 0) is 33.6 Å². The summed E-state index contributed by atoms with van der Waals surface area (Å²) in [5, 5.41) is 0. The van der Waals surface area contributed by atoms with Crippen molar-refractivity contribution in [3.63, 3.8) is 0 Å². The molecule has 5 heteroatoms. The van der Waals surface area contributed by atoms with Crippen LogP contribution in [0.4, 0.5) is 4.79 Å². The van der Waals surface area contributed by atoms with Crippen molar-refractivity contribution in [1.82, 2.24) is 10.9 Å². The summed E-state index contributed by atoms with van der Waals surface area (Å²) in [4.78, 5) is 11.4. The summed E-state index contributed by atoms with van der Waals surface area (Å²) in [6, 6.07) is 0.106. The fraction of sp³-hybridized carbons (Fsp3) is 0.923. The second kappa shape index (κ2) is 9.16. The van der Waals surface area contributed by atoms with E-state index in [1.165, 1.54) is 0 Å². The lowest BCUT2D eigenvalue weighted by Gasteiger charge is -2.22. The van der Waals surface area contributed by atoms with E-state index in [0.29, 0.717) is 6.61 Å². The van der Waals surface area contributed by atoms with Gasteiger partial charge in [-0.1, -0.05) is 20.3 Å². The highest BCUT2D eigenvalue weighted by atomic mass is 16.6. The quantitative estimate of drug-likeness (QED) is 0.520. The molecule has 0 aromatic rings. The summed E-state index contributed by atoms with van der Waals surface area (Å²) in [6.45, 7) is 11.0. The Labute approximate surface area is 111 Å². The van der Waals surface area contributed by atoms with Crippen LogP contribution in [-0.2, 0) is 9.47 Å². The molecule has 1 unspecified atom stereocenters. The number of hydrogen-bond acceptors (Lipinski definition) is 4. The Hall–Kier alpha value is -0.810. The molecule has 0 bridgehead atoms. The minimum atomic E-state index is -0.481. The van der Waals surface area contributed by atoms with Crippen LogP contribution in [0.3, 0.4) is 0 Å². The van der Waals surface area contributed by atoms with Crippen molar-refractivity contribution in [3.05, 3.63) is 0 Å². The number of carbonyl (C=O) groups is 1. The molecule has 0 rings (SSSR count). The summed E-state index contributed by atoms with van der Waals surface area (Å²) in [5.74, 6) is 0. The van der Waals surface area contributed by atoms with Gasteiger partial charge in [-0.3, -0.25) is 5.43 Å². The highest BCUT2D eigenvalue weighted by Crippen LogP contribution is 2.06. The molecule has 0 aromatic heterocycles. The predicted octanol–water partition coefficient (Wildman–Crippen LogP) is 2.61. The zero-order valence-corrected chi connectivity index (χ0v) is 12.3. The maximum absolute atomic E-state index is 11.4. The van der Waals surface area contributed by atoms with Gasteiger partial charge in [-0.25, -0.2) is 10.2 Å². The maximum atomic E-state index is 11.4. The van der Waals surface area contributed by atoms with Gasteiger partial charge in [0.25, 0.3) is 0 Å². The van der Waals surface area contributed by atoms with E-state index in [2.05, 4.69) is 17.8 Å². The largest absolute Gasteiger partial charge is 0.443 e. The Morgan fingerprint density at radius 1 is 1.28 bits per heavy atom. The smallest absolute Gasteiger partial charge is 0.422 e. The molecule has 0 aromatic carbocycles. The lowest BCUT2D eigenvalue weighted by molar-refractivity contribution is 0.0456. The van der Waals surface area contributed by atoms with Gasteiger partial charge in [0, 0.05) is 12.6 Å². The number of nitrogens with one attached hydrogen (secondary N) is 2. The minimum absolute atomic E-state index is 0.106. The standard InChI is InChI=1S/C13H28N2O3/c1-6-8-9-17-10-11(7-2)14-15-12(16)18-13(3,4)5/h11,14H,6-10H2,1-5H3,(H,15,16). The first kappa shape index (κ1) is 17.2. The third-order valence-electron chi connectivity index (χ3n) is 2.23.